The molecular formula is C17H21ClN4. The molecule has 0 aliphatic carbocycles. The van der Waals surface area contributed by atoms with Crippen molar-refractivity contribution < 1.29 is 0 Å². The molecule has 0 fully saturated rings. The normalized spacial score (nSPS) is 12.0. The molecule has 1 heterocycles. The minimum atomic E-state index is -0.163. The van der Waals surface area contributed by atoms with Crippen molar-refractivity contribution in [3.05, 3.63) is 52.2 Å². The Morgan fingerprint density at radius 3 is 2.36 bits per heavy atom. The molecule has 22 heavy (non-hydrogen) atoms. The van der Waals surface area contributed by atoms with Gasteiger partial charge >= 0.3 is 0 Å². The average Bonchev–Trinajstić information content (AvgIpc) is 2.46. The Labute approximate surface area is 136 Å². The van der Waals surface area contributed by atoms with Gasteiger partial charge in [0.05, 0.1) is 5.69 Å². The van der Waals surface area contributed by atoms with Gasteiger partial charge in [-0.3, -0.25) is 0 Å². The minimum Gasteiger partial charge on any atom is -0.383 e. The Morgan fingerprint density at radius 2 is 1.77 bits per heavy atom. The lowest BCUT2D eigenvalue weighted by Gasteiger charge is -2.21. The number of allylic oxidation sites excluding steroid dienone is 1. The van der Waals surface area contributed by atoms with E-state index in [-0.39, 0.29) is 11.4 Å². The maximum Gasteiger partial charge on any atom is 0.222 e. The number of hydrogen-bond donors (Lipinski definition) is 2. The first-order valence-corrected chi connectivity index (χ1v) is 7.58. The van der Waals surface area contributed by atoms with Gasteiger partial charge in [-0.05, 0) is 24.1 Å². The predicted octanol–water partition coefficient (Wildman–Crippen LogP) is 3.85. The van der Waals surface area contributed by atoms with E-state index in [2.05, 4.69) is 29.9 Å². The highest BCUT2D eigenvalue weighted by atomic mass is 35.5. The summed E-state index contributed by atoms with van der Waals surface area (Å²) >= 11 is 5.95. The van der Waals surface area contributed by atoms with Gasteiger partial charge < -0.3 is 11.5 Å². The van der Waals surface area contributed by atoms with E-state index in [4.69, 9.17) is 23.1 Å². The number of anilines is 2. The average molecular weight is 317 g/mol. The van der Waals surface area contributed by atoms with Crippen LogP contribution in [-0.4, -0.2) is 9.97 Å². The molecule has 0 unspecified atom stereocenters. The van der Waals surface area contributed by atoms with Crippen molar-refractivity contribution in [2.24, 2.45) is 0 Å². The molecule has 0 aliphatic heterocycles. The zero-order valence-electron chi connectivity index (χ0n) is 13.1. The summed E-state index contributed by atoms with van der Waals surface area (Å²) in [6.45, 7) is 6.28. The van der Waals surface area contributed by atoms with E-state index in [0.717, 1.165) is 22.7 Å². The molecule has 0 saturated carbocycles. The van der Waals surface area contributed by atoms with Gasteiger partial charge in [0, 0.05) is 16.0 Å². The molecule has 4 nitrogen and oxygen atoms in total. The van der Waals surface area contributed by atoms with Crippen LogP contribution in [0.15, 0.2) is 30.3 Å². The monoisotopic (exact) mass is 316 g/mol. The van der Waals surface area contributed by atoms with E-state index < -0.39 is 0 Å². The van der Waals surface area contributed by atoms with E-state index in [1.54, 1.807) is 0 Å². The number of nitrogens with two attached hydrogens (primary N) is 2. The van der Waals surface area contributed by atoms with Crippen molar-refractivity contribution in [3.8, 4) is 0 Å². The van der Waals surface area contributed by atoms with Crippen molar-refractivity contribution in [1.82, 2.24) is 9.97 Å². The Morgan fingerprint density at radius 1 is 1.14 bits per heavy atom. The van der Waals surface area contributed by atoms with Gasteiger partial charge in [0.2, 0.25) is 5.95 Å². The molecule has 0 amide bonds. The summed E-state index contributed by atoms with van der Waals surface area (Å²) in [5, 5.41) is 0.730. The standard InChI is InChI=1S/C17H21ClN4/c1-4-14-13(15(19)22-16(20)21-14)9-10-17(2,3)11-5-7-12(18)8-6-11/h5-10H,4H2,1-3H3,(H4,19,20,21,22)/b10-9+. The second-order valence-corrected chi connectivity index (χ2v) is 6.18. The van der Waals surface area contributed by atoms with Crippen molar-refractivity contribution in [1.29, 1.82) is 0 Å². The fraction of sp³-hybridized carbons (Fsp3) is 0.294. The van der Waals surface area contributed by atoms with Gasteiger partial charge in [-0.15, -0.1) is 0 Å². The number of halogens is 1. The number of nitrogens with zero attached hydrogens (tertiary/aromatic N) is 2. The second-order valence-electron chi connectivity index (χ2n) is 5.74. The lowest BCUT2D eigenvalue weighted by atomic mass is 9.84. The van der Waals surface area contributed by atoms with Crippen LogP contribution in [0.2, 0.25) is 5.02 Å². The summed E-state index contributed by atoms with van der Waals surface area (Å²) in [7, 11) is 0. The summed E-state index contributed by atoms with van der Waals surface area (Å²) in [6.07, 6.45) is 4.82. The summed E-state index contributed by atoms with van der Waals surface area (Å²) in [4.78, 5) is 8.30. The number of hydrogen-bond acceptors (Lipinski definition) is 4. The third kappa shape index (κ3) is 3.57. The fourth-order valence-corrected chi connectivity index (χ4v) is 2.40. The summed E-state index contributed by atoms with van der Waals surface area (Å²) in [5.41, 5.74) is 14.3. The molecule has 2 aromatic rings. The third-order valence-electron chi connectivity index (χ3n) is 3.66. The van der Waals surface area contributed by atoms with Crippen LogP contribution in [0.5, 0.6) is 0 Å². The maximum atomic E-state index is 5.99. The molecule has 0 atom stereocenters. The van der Waals surface area contributed by atoms with Crippen LogP contribution in [0.3, 0.4) is 0 Å². The molecule has 5 heteroatoms. The Hall–Kier alpha value is -2.07. The quantitative estimate of drug-likeness (QED) is 0.898. The van der Waals surface area contributed by atoms with Crippen molar-refractivity contribution >= 4 is 29.4 Å². The van der Waals surface area contributed by atoms with Gasteiger partial charge in [-0.1, -0.05) is 56.7 Å². The van der Waals surface area contributed by atoms with Gasteiger partial charge in [0.15, 0.2) is 0 Å². The van der Waals surface area contributed by atoms with Crippen LogP contribution >= 0.6 is 11.6 Å². The molecule has 2 rings (SSSR count). The second kappa shape index (κ2) is 6.36. The van der Waals surface area contributed by atoms with E-state index in [1.165, 1.54) is 5.56 Å². The van der Waals surface area contributed by atoms with Crippen LogP contribution in [0.4, 0.5) is 11.8 Å². The van der Waals surface area contributed by atoms with Crippen LogP contribution in [0.25, 0.3) is 6.08 Å². The number of aromatic nitrogens is 2. The van der Waals surface area contributed by atoms with Crippen LogP contribution in [-0.2, 0) is 11.8 Å². The van der Waals surface area contributed by atoms with E-state index in [0.29, 0.717) is 5.82 Å². The SMILES string of the molecule is CCc1nc(N)nc(N)c1/C=C/C(C)(C)c1ccc(Cl)cc1. The van der Waals surface area contributed by atoms with Gasteiger partial charge in [-0.25, -0.2) is 4.98 Å². The van der Waals surface area contributed by atoms with Crippen LogP contribution in [0, 0.1) is 0 Å². The molecule has 116 valence electrons. The molecule has 1 aromatic carbocycles. The molecule has 0 bridgehead atoms. The van der Waals surface area contributed by atoms with Crippen LogP contribution in [0.1, 0.15) is 37.6 Å². The predicted molar refractivity (Wildman–Crippen MR) is 93.7 cm³/mol. The minimum absolute atomic E-state index is 0.163. The number of aryl methyl sites for hydroxylation is 1. The third-order valence-corrected chi connectivity index (χ3v) is 3.91. The molecule has 0 saturated heterocycles. The first kappa shape index (κ1) is 16.3. The summed E-state index contributed by atoms with van der Waals surface area (Å²) in [6, 6.07) is 7.84. The number of nitrogen functional groups attached to an aromatic ring is 2. The lowest BCUT2D eigenvalue weighted by Crippen LogP contribution is -2.13. The first-order valence-electron chi connectivity index (χ1n) is 7.20. The van der Waals surface area contributed by atoms with Gasteiger partial charge in [0.1, 0.15) is 5.82 Å². The fourth-order valence-electron chi connectivity index (χ4n) is 2.27. The van der Waals surface area contributed by atoms with E-state index >= 15 is 0 Å². The van der Waals surface area contributed by atoms with Crippen molar-refractivity contribution in [2.75, 3.05) is 11.5 Å². The molecule has 4 N–H and O–H groups in total. The molecular weight excluding hydrogens is 296 g/mol. The maximum absolute atomic E-state index is 5.99. The number of rotatable bonds is 4. The van der Waals surface area contributed by atoms with Gasteiger partial charge in [-0.2, -0.15) is 4.98 Å². The Bertz CT molecular complexity index is 691. The van der Waals surface area contributed by atoms with Crippen molar-refractivity contribution in [2.45, 2.75) is 32.6 Å². The molecule has 0 aliphatic rings. The van der Waals surface area contributed by atoms with Crippen molar-refractivity contribution in [3.63, 3.8) is 0 Å². The summed E-state index contributed by atoms with van der Waals surface area (Å²) < 4.78 is 0. The summed E-state index contributed by atoms with van der Waals surface area (Å²) in [5.74, 6) is 0.621. The van der Waals surface area contributed by atoms with E-state index in [9.17, 15) is 0 Å². The first-order chi connectivity index (χ1) is 10.3. The van der Waals surface area contributed by atoms with Crippen LogP contribution < -0.4 is 11.5 Å². The highest BCUT2D eigenvalue weighted by Gasteiger charge is 2.17. The van der Waals surface area contributed by atoms with Gasteiger partial charge in [0.25, 0.3) is 0 Å². The zero-order chi connectivity index (χ0) is 16.3. The Balaban J connectivity index is 2.37. The molecule has 0 radical (unpaired) electrons. The topological polar surface area (TPSA) is 77.8 Å². The largest absolute Gasteiger partial charge is 0.383 e. The number of benzene rings is 1. The highest BCUT2D eigenvalue weighted by molar-refractivity contribution is 6.30. The zero-order valence-corrected chi connectivity index (χ0v) is 13.9. The van der Waals surface area contributed by atoms with E-state index in [1.807, 2.05) is 37.3 Å². The lowest BCUT2D eigenvalue weighted by molar-refractivity contribution is 0.673. The molecule has 0 spiro atoms. The molecule has 1 aromatic heterocycles. The Kier molecular flexibility index (Phi) is 4.71. The highest BCUT2D eigenvalue weighted by Crippen LogP contribution is 2.28. The smallest absolute Gasteiger partial charge is 0.222 e.